The minimum atomic E-state index is 0.00158. The number of hydrogen-bond donors (Lipinski definition) is 1. The van der Waals surface area contributed by atoms with Gasteiger partial charge in [-0.1, -0.05) is 53.4 Å². The van der Waals surface area contributed by atoms with Crippen LogP contribution in [0.15, 0.2) is 71.2 Å². The molecule has 220 valence electrons. The van der Waals surface area contributed by atoms with Gasteiger partial charge in [-0.15, -0.1) is 0 Å². The highest BCUT2D eigenvalue weighted by Gasteiger charge is 2.21. The lowest BCUT2D eigenvalue weighted by Gasteiger charge is -2.28. The Balaban J connectivity index is 1.33. The molecule has 1 aliphatic heterocycles. The number of Topliss-reactive ketones (excluding diaryl/α,β-unsaturated/α-hetero) is 1. The van der Waals surface area contributed by atoms with Crippen LogP contribution >= 0.6 is 15.9 Å². The first-order chi connectivity index (χ1) is 20.5. The van der Waals surface area contributed by atoms with Crippen molar-refractivity contribution in [3.63, 3.8) is 0 Å². The highest BCUT2D eigenvalue weighted by molar-refractivity contribution is 9.10. The normalized spacial score (nSPS) is 17.0. The Labute approximate surface area is 257 Å². The third-order valence-electron chi connectivity index (χ3n) is 8.80. The lowest BCUT2D eigenvalue weighted by atomic mass is 9.89. The molecule has 0 bridgehead atoms. The van der Waals surface area contributed by atoms with Crippen LogP contribution < -0.4 is 10.2 Å². The first-order valence-electron chi connectivity index (χ1n) is 15.4. The number of hydrogen-bond acceptors (Lipinski definition) is 5. The summed E-state index contributed by atoms with van der Waals surface area (Å²) < 4.78 is 8.93. The Kier molecular flexibility index (Phi) is 9.37. The van der Waals surface area contributed by atoms with Gasteiger partial charge in [0.2, 0.25) is 0 Å². The van der Waals surface area contributed by atoms with Crippen molar-refractivity contribution >= 4 is 38.4 Å². The molecule has 2 fully saturated rings. The van der Waals surface area contributed by atoms with Crippen LogP contribution in [0.2, 0.25) is 0 Å². The van der Waals surface area contributed by atoms with Gasteiger partial charge in [0.1, 0.15) is 11.6 Å². The molecule has 7 heteroatoms. The SMILES string of the molecule is CC(=O)CC(NCC1CCCCC1)c1ccc2c(c1)nc(-c1ccc(N3CCOCC3)cc1)n2Cc1ccc(Br)cc1. The molecule has 6 nitrogen and oxygen atoms in total. The largest absolute Gasteiger partial charge is 0.378 e. The number of anilines is 1. The molecule has 2 heterocycles. The number of ether oxygens (including phenoxy) is 1. The van der Waals surface area contributed by atoms with Crippen molar-refractivity contribution in [1.82, 2.24) is 14.9 Å². The Morgan fingerprint density at radius 1 is 1.00 bits per heavy atom. The minimum Gasteiger partial charge on any atom is -0.378 e. The van der Waals surface area contributed by atoms with E-state index in [-0.39, 0.29) is 11.8 Å². The highest BCUT2D eigenvalue weighted by atomic mass is 79.9. The number of carbonyl (C=O) groups is 1. The number of morpholine rings is 1. The third-order valence-corrected chi connectivity index (χ3v) is 9.33. The maximum atomic E-state index is 12.3. The van der Waals surface area contributed by atoms with Crippen LogP contribution in [-0.2, 0) is 16.1 Å². The second kappa shape index (κ2) is 13.5. The number of benzene rings is 3. The summed E-state index contributed by atoms with van der Waals surface area (Å²) in [6, 6.07) is 23.9. The number of nitrogens with zero attached hydrogens (tertiary/aromatic N) is 3. The summed E-state index contributed by atoms with van der Waals surface area (Å²) in [6.45, 7) is 6.76. The maximum Gasteiger partial charge on any atom is 0.141 e. The number of aromatic nitrogens is 2. The predicted octanol–water partition coefficient (Wildman–Crippen LogP) is 7.54. The number of ketones is 1. The molecule has 1 atom stereocenters. The molecule has 1 N–H and O–H groups in total. The molecule has 2 aliphatic rings. The van der Waals surface area contributed by atoms with Crippen LogP contribution in [0.25, 0.3) is 22.4 Å². The topological polar surface area (TPSA) is 59.4 Å². The molecule has 0 spiro atoms. The van der Waals surface area contributed by atoms with Gasteiger partial charge in [0.15, 0.2) is 0 Å². The molecule has 6 rings (SSSR count). The molecular weight excluding hydrogens is 588 g/mol. The molecule has 1 saturated heterocycles. The van der Waals surface area contributed by atoms with Crippen LogP contribution in [0.1, 0.15) is 62.6 Å². The maximum absolute atomic E-state index is 12.3. The second-order valence-electron chi connectivity index (χ2n) is 11.9. The van der Waals surface area contributed by atoms with Gasteiger partial charge < -0.3 is 19.5 Å². The first-order valence-corrected chi connectivity index (χ1v) is 16.2. The van der Waals surface area contributed by atoms with E-state index in [1.165, 1.54) is 43.4 Å². The fraction of sp³-hybridized carbons (Fsp3) is 0.429. The lowest BCUT2D eigenvalue weighted by Crippen LogP contribution is -2.36. The van der Waals surface area contributed by atoms with E-state index < -0.39 is 0 Å². The number of rotatable bonds is 10. The van der Waals surface area contributed by atoms with E-state index in [1.54, 1.807) is 6.92 Å². The zero-order valence-electron chi connectivity index (χ0n) is 24.5. The van der Waals surface area contributed by atoms with E-state index in [4.69, 9.17) is 9.72 Å². The van der Waals surface area contributed by atoms with Gasteiger partial charge in [-0.25, -0.2) is 4.98 Å². The number of imidazole rings is 1. The summed E-state index contributed by atoms with van der Waals surface area (Å²) in [6.07, 6.45) is 7.06. The van der Waals surface area contributed by atoms with Gasteiger partial charge in [0.05, 0.1) is 24.2 Å². The summed E-state index contributed by atoms with van der Waals surface area (Å²) in [5.74, 6) is 1.86. The van der Waals surface area contributed by atoms with Crippen molar-refractivity contribution in [1.29, 1.82) is 0 Å². The van der Waals surface area contributed by atoms with Crippen LogP contribution in [0, 0.1) is 5.92 Å². The summed E-state index contributed by atoms with van der Waals surface area (Å²) in [4.78, 5) is 19.9. The molecule has 0 radical (unpaired) electrons. The zero-order valence-corrected chi connectivity index (χ0v) is 26.1. The number of carbonyl (C=O) groups excluding carboxylic acids is 1. The Hall–Kier alpha value is -3.00. The van der Waals surface area contributed by atoms with Crippen LogP contribution in [0.5, 0.6) is 0 Å². The van der Waals surface area contributed by atoms with Crippen LogP contribution in [0.3, 0.4) is 0 Å². The molecular formula is C35H41BrN4O2. The van der Waals surface area contributed by atoms with Crippen molar-refractivity contribution in [2.75, 3.05) is 37.7 Å². The van der Waals surface area contributed by atoms with Gasteiger partial charge >= 0.3 is 0 Å². The van der Waals surface area contributed by atoms with E-state index in [1.807, 2.05) is 0 Å². The molecule has 1 unspecified atom stereocenters. The Bertz CT molecular complexity index is 1490. The Morgan fingerprint density at radius 3 is 2.45 bits per heavy atom. The van der Waals surface area contributed by atoms with E-state index in [2.05, 4.69) is 97.4 Å². The van der Waals surface area contributed by atoms with Crippen LogP contribution in [-0.4, -0.2) is 48.2 Å². The fourth-order valence-corrected chi connectivity index (χ4v) is 6.72. The van der Waals surface area contributed by atoms with E-state index in [0.717, 1.165) is 71.9 Å². The molecule has 42 heavy (non-hydrogen) atoms. The van der Waals surface area contributed by atoms with Gasteiger partial charge in [-0.2, -0.15) is 0 Å². The van der Waals surface area contributed by atoms with E-state index >= 15 is 0 Å². The first kappa shape index (κ1) is 29.1. The fourth-order valence-electron chi connectivity index (χ4n) is 6.45. The summed E-state index contributed by atoms with van der Waals surface area (Å²) in [7, 11) is 0. The lowest BCUT2D eigenvalue weighted by molar-refractivity contribution is -0.117. The standard InChI is InChI=1S/C35H41BrN4O2/c1-25(41)21-32(37-23-26-5-3-2-4-6-26)29-11-16-34-33(22-29)38-35(40(34)24-27-7-12-30(36)13-8-27)28-9-14-31(15-10-28)39-17-19-42-20-18-39/h7-16,22,26,32,37H,2-6,17-21,23-24H2,1H3. The number of nitrogens with one attached hydrogen (secondary N) is 1. The van der Waals surface area contributed by atoms with Crippen LogP contribution in [0.4, 0.5) is 5.69 Å². The zero-order chi connectivity index (χ0) is 28.9. The monoisotopic (exact) mass is 628 g/mol. The second-order valence-corrected chi connectivity index (χ2v) is 12.8. The summed E-state index contributed by atoms with van der Waals surface area (Å²) in [5, 5.41) is 3.76. The van der Waals surface area contributed by atoms with Crippen molar-refractivity contribution in [3.05, 3.63) is 82.3 Å². The third kappa shape index (κ3) is 6.96. The van der Waals surface area contributed by atoms with Gasteiger partial charge in [0, 0.05) is 47.8 Å². The molecule has 4 aromatic rings. The van der Waals surface area contributed by atoms with Gasteiger partial charge in [0.25, 0.3) is 0 Å². The van der Waals surface area contributed by atoms with Crippen molar-refractivity contribution < 1.29 is 9.53 Å². The number of halogens is 1. The van der Waals surface area contributed by atoms with Gasteiger partial charge in [-0.05, 0) is 91.9 Å². The smallest absolute Gasteiger partial charge is 0.141 e. The van der Waals surface area contributed by atoms with E-state index in [9.17, 15) is 4.79 Å². The Morgan fingerprint density at radius 2 is 1.74 bits per heavy atom. The summed E-state index contributed by atoms with van der Waals surface area (Å²) >= 11 is 3.57. The van der Waals surface area contributed by atoms with Crippen molar-refractivity contribution in [2.45, 2.75) is 58.0 Å². The average Bonchev–Trinajstić information content (AvgIpc) is 3.38. The minimum absolute atomic E-state index is 0.00158. The predicted molar refractivity (Wildman–Crippen MR) is 174 cm³/mol. The molecule has 0 amide bonds. The highest BCUT2D eigenvalue weighted by Crippen LogP contribution is 2.31. The summed E-state index contributed by atoms with van der Waals surface area (Å²) in [5.41, 5.74) is 6.73. The van der Waals surface area contributed by atoms with Crippen molar-refractivity contribution in [2.24, 2.45) is 5.92 Å². The molecule has 1 saturated carbocycles. The molecule has 3 aromatic carbocycles. The van der Waals surface area contributed by atoms with Gasteiger partial charge in [-0.3, -0.25) is 4.79 Å². The molecule has 1 aromatic heterocycles. The van der Waals surface area contributed by atoms with Crippen molar-refractivity contribution in [3.8, 4) is 11.4 Å². The number of fused-ring (bicyclic) bond motifs is 1. The average molecular weight is 630 g/mol. The molecule has 1 aliphatic carbocycles. The van der Waals surface area contributed by atoms with E-state index in [0.29, 0.717) is 12.3 Å². The quantitative estimate of drug-likeness (QED) is 0.197.